The molecule has 5 rings (SSSR count). The summed E-state index contributed by atoms with van der Waals surface area (Å²) in [5, 5.41) is 5.48. The van der Waals surface area contributed by atoms with Crippen molar-refractivity contribution in [3.8, 4) is 28.5 Å². The van der Waals surface area contributed by atoms with Crippen LogP contribution in [-0.4, -0.2) is 21.2 Å². The van der Waals surface area contributed by atoms with Gasteiger partial charge in [-0.3, -0.25) is 4.79 Å². The molecule has 0 N–H and O–H groups in total. The van der Waals surface area contributed by atoms with Crippen LogP contribution < -0.4 is 14.8 Å². The van der Waals surface area contributed by atoms with Crippen molar-refractivity contribution in [3.63, 3.8) is 0 Å². The molecule has 0 saturated heterocycles. The van der Waals surface area contributed by atoms with Crippen LogP contribution in [0.2, 0.25) is 10.0 Å². The lowest BCUT2D eigenvalue weighted by atomic mass is 10.2. The molecule has 0 spiro atoms. The molecule has 0 saturated carbocycles. The molecule has 5 aromatic rings. The van der Waals surface area contributed by atoms with Crippen LogP contribution in [0, 0.1) is 0 Å². The zero-order valence-electron chi connectivity index (χ0n) is 17.4. The Hall–Kier alpha value is -3.13. The van der Waals surface area contributed by atoms with E-state index in [0.717, 1.165) is 17.7 Å². The second kappa shape index (κ2) is 9.02. The molecule has 0 aliphatic rings. The summed E-state index contributed by atoms with van der Waals surface area (Å²) in [6.07, 6.45) is 2.62. The van der Waals surface area contributed by atoms with E-state index in [4.69, 9.17) is 32.4 Å². The first-order valence-corrected chi connectivity index (χ1v) is 11.8. The second-order valence-electron chi connectivity index (χ2n) is 7.24. The fraction of sp³-hybridized carbons (Fsp3) is 0.125. The number of thiazole rings is 1. The summed E-state index contributed by atoms with van der Waals surface area (Å²) in [4.78, 5) is 17.9. The van der Waals surface area contributed by atoms with Gasteiger partial charge in [0.2, 0.25) is 4.96 Å². The summed E-state index contributed by atoms with van der Waals surface area (Å²) in [6, 6.07) is 16.2. The van der Waals surface area contributed by atoms with Gasteiger partial charge in [-0.25, -0.2) is 0 Å². The molecule has 3 aromatic heterocycles. The highest BCUT2D eigenvalue weighted by Gasteiger charge is 2.13. The maximum atomic E-state index is 12.9. The van der Waals surface area contributed by atoms with Gasteiger partial charge in [0, 0.05) is 22.2 Å². The monoisotopic (exact) mass is 497 g/mol. The highest BCUT2D eigenvalue weighted by atomic mass is 35.5. The van der Waals surface area contributed by atoms with Crippen LogP contribution in [0.5, 0.6) is 5.75 Å². The number of furan rings is 1. The average molecular weight is 498 g/mol. The van der Waals surface area contributed by atoms with Gasteiger partial charge < -0.3 is 9.15 Å². The molecular weight excluding hydrogens is 481 g/mol. The summed E-state index contributed by atoms with van der Waals surface area (Å²) < 4.78 is 13.3. The van der Waals surface area contributed by atoms with Gasteiger partial charge in [0.25, 0.3) is 5.56 Å². The Bertz CT molecular complexity index is 1550. The van der Waals surface area contributed by atoms with E-state index in [1.807, 2.05) is 24.3 Å². The molecule has 0 atom stereocenters. The van der Waals surface area contributed by atoms with E-state index < -0.39 is 0 Å². The lowest BCUT2D eigenvalue weighted by molar-refractivity contribution is 0.317. The van der Waals surface area contributed by atoms with Crippen molar-refractivity contribution < 1.29 is 9.15 Å². The van der Waals surface area contributed by atoms with Crippen LogP contribution in [0.1, 0.15) is 19.1 Å². The maximum absolute atomic E-state index is 12.9. The standard InChI is InChI=1S/C24H17Cl2N3O3S/c1-2-11-31-16-6-3-14(4-7-16)22-27-24-29(28-22)23(30)21(33-24)13-17-8-10-20(32-17)18-12-15(25)5-9-19(18)26/h3-10,12-13H,2,11H2,1H3. The van der Waals surface area contributed by atoms with Crippen LogP contribution in [0.25, 0.3) is 33.7 Å². The van der Waals surface area contributed by atoms with Crippen molar-refractivity contribution in [2.45, 2.75) is 13.3 Å². The average Bonchev–Trinajstić information content (AvgIpc) is 3.52. The Kier molecular flexibility index (Phi) is 5.93. The zero-order chi connectivity index (χ0) is 22.9. The van der Waals surface area contributed by atoms with E-state index in [1.165, 1.54) is 15.9 Å². The number of benzene rings is 2. The second-order valence-corrected chi connectivity index (χ2v) is 9.10. The molecule has 0 aliphatic carbocycles. The first-order valence-electron chi connectivity index (χ1n) is 10.2. The summed E-state index contributed by atoms with van der Waals surface area (Å²) in [5.41, 5.74) is 1.24. The molecule has 0 bridgehead atoms. The van der Waals surface area contributed by atoms with E-state index in [0.29, 0.717) is 49.1 Å². The first kappa shape index (κ1) is 21.7. The highest BCUT2D eigenvalue weighted by molar-refractivity contribution is 7.15. The van der Waals surface area contributed by atoms with Gasteiger partial charge in [-0.1, -0.05) is 41.5 Å². The summed E-state index contributed by atoms with van der Waals surface area (Å²) >= 11 is 13.6. The fourth-order valence-corrected chi connectivity index (χ4v) is 4.54. The van der Waals surface area contributed by atoms with E-state index in [-0.39, 0.29) is 5.56 Å². The van der Waals surface area contributed by atoms with Gasteiger partial charge in [-0.05, 0) is 61.0 Å². The third-order valence-corrected chi connectivity index (χ3v) is 6.39. The van der Waals surface area contributed by atoms with Gasteiger partial charge in [-0.15, -0.1) is 5.10 Å². The van der Waals surface area contributed by atoms with Crippen LogP contribution in [0.15, 0.2) is 63.8 Å². The fourth-order valence-electron chi connectivity index (χ4n) is 3.27. The van der Waals surface area contributed by atoms with Crippen molar-refractivity contribution >= 4 is 45.6 Å². The molecule has 166 valence electrons. The van der Waals surface area contributed by atoms with Crippen LogP contribution in [0.4, 0.5) is 0 Å². The van der Waals surface area contributed by atoms with Crippen LogP contribution in [0.3, 0.4) is 0 Å². The quantitative estimate of drug-likeness (QED) is 0.300. The SMILES string of the molecule is CCCOc1ccc(-c2nc3sc(=Cc4ccc(-c5cc(Cl)ccc5Cl)o4)c(=O)n3n2)cc1. The van der Waals surface area contributed by atoms with E-state index >= 15 is 0 Å². The number of nitrogens with zero attached hydrogens (tertiary/aromatic N) is 3. The topological polar surface area (TPSA) is 69.6 Å². The minimum Gasteiger partial charge on any atom is -0.494 e. The maximum Gasteiger partial charge on any atom is 0.291 e. The predicted octanol–water partition coefficient (Wildman–Crippen LogP) is 5.72. The van der Waals surface area contributed by atoms with Gasteiger partial charge in [0.05, 0.1) is 11.6 Å². The molecule has 33 heavy (non-hydrogen) atoms. The van der Waals surface area contributed by atoms with Crippen molar-refractivity contribution in [3.05, 3.63) is 85.3 Å². The zero-order valence-corrected chi connectivity index (χ0v) is 19.7. The van der Waals surface area contributed by atoms with E-state index in [2.05, 4.69) is 17.0 Å². The van der Waals surface area contributed by atoms with Crippen LogP contribution in [-0.2, 0) is 0 Å². The third-order valence-electron chi connectivity index (χ3n) is 4.86. The van der Waals surface area contributed by atoms with Gasteiger partial charge in [0.1, 0.15) is 21.8 Å². The van der Waals surface area contributed by atoms with Crippen LogP contribution >= 0.6 is 34.5 Å². The Morgan fingerprint density at radius 3 is 2.70 bits per heavy atom. The normalized spacial score (nSPS) is 12.0. The predicted molar refractivity (Wildman–Crippen MR) is 131 cm³/mol. The molecule has 9 heteroatoms. The molecule has 0 fully saturated rings. The number of hydrogen-bond acceptors (Lipinski definition) is 6. The number of halogens is 2. The molecule has 3 heterocycles. The Morgan fingerprint density at radius 2 is 1.94 bits per heavy atom. The summed E-state index contributed by atoms with van der Waals surface area (Å²) in [7, 11) is 0. The van der Waals surface area contributed by atoms with Gasteiger partial charge in [0.15, 0.2) is 5.82 Å². The Labute approximate surface area is 202 Å². The molecule has 0 amide bonds. The Morgan fingerprint density at radius 1 is 1.12 bits per heavy atom. The number of hydrogen-bond donors (Lipinski definition) is 0. The van der Waals surface area contributed by atoms with E-state index in [9.17, 15) is 4.79 Å². The smallest absolute Gasteiger partial charge is 0.291 e. The van der Waals surface area contributed by atoms with Crippen molar-refractivity contribution in [1.29, 1.82) is 0 Å². The molecule has 2 aromatic carbocycles. The van der Waals surface area contributed by atoms with E-state index in [1.54, 1.807) is 36.4 Å². The first-order chi connectivity index (χ1) is 16.0. The molecule has 0 unspecified atom stereocenters. The van der Waals surface area contributed by atoms with Crippen molar-refractivity contribution in [2.75, 3.05) is 6.61 Å². The number of aromatic nitrogens is 3. The van der Waals surface area contributed by atoms with Crippen molar-refractivity contribution in [2.24, 2.45) is 0 Å². The molecule has 0 radical (unpaired) electrons. The summed E-state index contributed by atoms with van der Waals surface area (Å²) in [5.74, 6) is 2.36. The molecular formula is C24H17Cl2N3O3S. The number of ether oxygens (including phenoxy) is 1. The third kappa shape index (κ3) is 4.39. The van der Waals surface area contributed by atoms with Gasteiger partial charge in [-0.2, -0.15) is 9.50 Å². The minimum absolute atomic E-state index is 0.254. The molecule has 6 nitrogen and oxygen atoms in total. The van der Waals surface area contributed by atoms with Crippen molar-refractivity contribution in [1.82, 2.24) is 14.6 Å². The Balaban J connectivity index is 1.44. The lowest BCUT2D eigenvalue weighted by Crippen LogP contribution is -2.23. The number of fused-ring (bicyclic) bond motifs is 1. The lowest BCUT2D eigenvalue weighted by Gasteiger charge is -2.04. The van der Waals surface area contributed by atoms with Gasteiger partial charge >= 0.3 is 0 Å². The molecule has 0 aliphatic heterocycles. The number of rotatable bonds is 6. The summed E-state index contributed by atoms with van der Waals surface area (Å²) in [6.45, 7) is 2.72. The highest BCUT2D eigenvalue weighted by Crippen LogP contribution is 2.32. The largest absolute Gasteiger partial charge is 0.494 e. The minimum atomic E-state index is -0.254.